The van der Waals surface area contributed by atoms with E-state index in [-0.39, 0.29) is 29.1 Å². The molecule has 0 radical (unpaired) electrons. The van der Waals surface area contributed by atoms with Crippen LogP contribution in [-0.4, -0.2) is 23.9 Å². The van der Waals surface area contributed by atoms with Crippen molar-refractivity contribution in [3.63, 3.8) is 0 Å². The first-order chi connectivity index (χ1) is 9.52. The third-order valence-electron chi connectivity index (χ3n) is 3.99. The van der Waals surface area contributed by atoms with Gasteiger partial charge in [0.05, 0.1) is 5.69 Å². The Morgan fingerprint density at radius 3 is 2.60 bits per heavy atom. The zero-order valence-electron chi connectivity index (χ0n) is 10.8. The molecule has 0 bridgehead atoms. The van der Waals surface area contributed by atoms with Crippen LogP contribution in [0.4, 0.5) is 10.1 Å². The highest BCUT2D eigenvalue weighted by molar-refractivity contribution is 6.30. The maximum atomic E-state index is 14.0. The molecule has 1 aliphatic heterocycles. The van der Waals surface area contributed by atoms with Gasteiger partial charge in [-0.25, -0.2) is 4.39 Å². The van der Waals surface area contributed by atoms with Gasteiger partial charge in [0.2, 0.25) is 5.91 Å². The van der Waals surface area contributed by atoms with Crippen molar-refractivity contribution < 1.29 is 14.0 Å². The molecule has 1 aromatic carbocycles. The number of nitrogens with zero attached hydrogens (tertiary/aromatic N) is 1. The first-order valence-corrected chi connectivity index (χ1v) is 6.98. The van der Waals surface area contributed by atoms with Gasteiger partial charge in [-0.2, -0.15) is 0 Å². The number of rotatable bonds is 1. The van der Waals surface area contributed by atoms with Gasteiger partial charge < -0.3 is 5.32 Å². The van der Waals surface area contributed by atoms with Crippen molar-refractivity contribution in [3.05, 3.63) is 29.0 Å². The Morgan fingerprint density at radius 2 is 1.95 bits per heavy atom. The molecule has 0 unspecified atom stereocenters. The van der Waals surface area contributed by atoms with Crippen LogP contribution in [0.1, 0.15) is 25.7 Å². The summed E-state index contributed by atoms with van der Waals surface area (Å²) in [6, 6.07) is 4.11. The molecule has 6 heteroatoms. The van der Waals surface area contributed by atoms with Gasteiger partial charge in [-0.05, 0) is 31.0 Å². The Balaban J connectivity index is 1.99. The van der Waals surface area contributed by atoms with Crippen LogP contribution in [0.25, 0.3) is 0 Å². The highest BCUT2D eigenvalue weighted by atomic mass is 35.5. The van der Waals surface area contributed by atoms with Gasteiger partial charge in [0.1, 0.15) is 17.9 Å². The lowest BCUT2D eigenvalue weighted by Crippen LogP contribution is -2.65. The maximum Gasteiger partial charge on any atom is 0.253 e. The van der Waals surface area contributed by atoms with Crippen LogP contribution in [0.5, 0.6) is 0 Å². The topological polar surface area (TPSA) is 49.4 Å². The summed E-state index contributed by atoms with van der Waals surface area (Å²) in [7, 11) is 0. The highest BCUT2D eigenvalue weighted by Crippen LogP contribution is 2.35. The fraction of sp³-hybridized carbons (Fsp3) is 0.429. The van der Waals surface area contributed by atoms with Crippen molar-refractivity contribution in [2.75, 3.05) is 11.4 Å². The summed E-state index contributed by atoms with van der Waals surface area (Å²) in [5, 5.41) is 3.05. The van der Waals surface area contributed by atoms with Crippen molar-refractivity contribution in [2.45, 2.75) is 31.2 Å². The standard InChI is InChI=1S/C14H14ClFN2O2/c15-9-3-4-11(10(16)7-9)18-8-12(19)17-14(13(18)20)5-1-2-6-14/h3-4,7H,1-2,5-6,8H2,(H,17,19). The Labute approximate surface area is 120 Å². The smallest absolute Gasteiger partial charge is 0.253 e. The molecule has 1 heterocycles. The van der Waals surface area contributed by atoms with Crippen LogP contribution in [-0.2, 0) is 9.59 Å². The lowest BCUT2D eigenvalue weighted by atomic mass is 9.92. The lowest BCUT2D eigenvalue weighted by Gasteiger charge is -2.39. The third-order valence-corrected chi connectivity index (χ3v) is 4.23. The summed E-state index contributed by atoms with van der Waals surface area (Å²) in [6.45, 7) is -0.154. The number of halogens is 2. The molecule has 1 aliphatic carbocycles. The van der Waals surface area contributed by atoms with E-state index in [1.807, 2.05) is 0 Å². The molecule has 20 heavy (non-hydrogen) atoms. The molecule has 1 spiro atoms. The van der Waals surface area contributed by atoms with Crippen LogP contribution in [0.2, 0.25) is 5.02 Å². The van der Waals surface area contributed by atoms with Crippen LogP contribution in [0.15, 0.2) is 18.2 Å². The lowest BCUT2D eigenvalue weighted by molar-refractivity contribution is -0.135. The van der Waals surface area contributed by atoms with Crippen molar-refractivity contribution in [1.29, 1.82) is 0 Å². The number of benzene rings is 1. The Morgan fingerprint density at radius 1 is 1.25 bits per heavy atom. The molecule has 2 aliphatic rings. The zero-order valence-corrected chi connectivity index (χ0v) is 11.5. The molecule has 1 saturated heterocycles. The molecular formula is C14H14ClFN2O2. The minimum Gasteiger partial charge on any atom is -0.340 e. The number of anilines is 1. The monoisotopic (exact) mass is 296 g/mol. The first kappa shape index (κ1) is 13.4. The van der Waals surface area contributed by atoms with E-state index in [9.17, 15) is 14.0 Å². The van der Waals surface area contributed by atoms with Crippen LogP contribution < -0.4 is 10.2 Å². The van der Waals surface area contributed by atoms with Gasteiger partial charge in [-0.1, -0.05) is 24.4 Å². The summed E-state index contributed by atoms with van der Waals surface area (Å²) in [5.41, 5.74) is -0.734. The quantitative estimate of drug-likeness (QED) is 0.864. The van der Waals surface area contributed by atoms with E-state index < -0.39 is 11.4 Å². The molecule has 106 valence electrons. The predicted molar refractivity (Wildman–Crippen MR) is 73.1 cm³/mol. The van der Waals surface area contributed by atoms with E-state index in [1.54, 1.807) is 0 Å². The minimum absolute atomic E-state index is 0.112. The average molecular weight is 297 g/mol. The molecule has 1 aromatic rings. The Bertz CT molecular complexity index is 585. The van der Waals surface area contributed by atoms with E-state index in [1.165, 1.54) is 17.0 Å². The van der Waals surface area contributed by atoms with E-state index in [4.69, 9.17) is 11.6 Å². The number of hydrogen-bond donors (Lipinski definition) is 1. The molecule has 3 rings (SSSR count). The van der Waals surface area contributed by atoms with Crippen LogP contribution >= 0.6 is 11.6 Å². The summed E-state index contributed by atoms with van der Waals surface area (Å²) in [6.07, 6.45) is 3.01. The number of amides is 2. The van der Waals surface area contributed by atoms with Crippen LogP contribution in [0, 0.1) is 5.82 Å². The summed E-state index contributed by atoms with van der Waals surface area (Å²) in [4.78, 5) is 25.8. The highest BCUT2D eigenvalue weighted by Gasteiger charge is 2.49. The molecule has 1 N–H and O–H groups in total. The number of piperazine rings is 1. The maximum absolute atomic E-state index is 14.0. The zero-order chi connectivity index (χ0) is 14.3. The van der Waals surface area contributed by atoms with Crippen molar-refractivity contribution >= 4 is 29.1 Å². The summed E-state index contributed by atoms with van der Waals surface area (Å²) in [5.74, 6) is -1.06. The molecular weight excluding hydrogens is 283 g/mol. The van der Waals surface area contributed by atoms with Gasteiger partial charge in [-0.3, -0.25) is 14.5 Å². The van der Waals surface area contributed by atoms with E-state index in [2.05, 4.69) is 5.32 Å². The fourth-order valence-electron chi connectivity index (χ4n) is 3.05. The minimum atomic E-state index is -0.846. The summed E-state index contributed by atoms with van der Waals surface area (Å²) < 4.78 is 14.0. The average Bonchev–Trinajstić information content (AvgIpc) is 2.84. The van der Waals surface area contributed by atoms with Gasteiger partial charge >= 0.3 is 0 Å². The first-order valence-electron chi connectivity index (χ1n) is 6.60. The largest absolute Gasteiger partial charge is 0.340 e. The number of nitrogens with one attached hydrogen (secondary N) is 1. The Kier molecular flexibility index (Phi) is 3.17. The van der Waals surface area contributed by atoms with E-state index in [0.717, 1.165) is 18.9 Å². The molecule has 0 atom stereocenters. The molecule has 2 amide bonds. The predicted octanol–water partition coefficient (Wildman–Crippen LogP) is 2.25. The van der Waals surface area contributed by atoms with Gasteiger partial charge in [0, 0.05) is 5.02 Å². The normalized spacial score (nSPS) is 21.4. The van der Waals surface area contributed by atoms with Gasteiger partial charge in [-0.15, -0.1) is 0 Å². The SMILES string of the molecule is O=C1CN(c2ccc(Cl)cc2F)C(=O)C2(CCCC2)N1. The number of carbonyl (C=O) groups excluding carboxylic acids is 2. The third kappa shape index (κ3) is 2.06. The number of carbonyl (C=O) groups is 2. The Hall–Kier alpha value is -1.62. The molecule has 4 nitrogen and oxygen atoms in total. The van der Waals surface area contributed by atoms with Crippen molar-refractivity contribution in [1.82, 2.24) is 5.32 Å². The summed E-state index contributed by atoms with van der Waals surface area (Å²) >= 11 is 5.72. The van der Waals surface area contributed by atoms with E-state index >= 15 is 0 Å². The second-order valence-electron chi connectivity index (χ2n) is 5.32. The van der Waals surface area contributed by atoms with E-state index in [0.29, 0.717) is 12.8 Å². The van der Waals surface area contributed by atoms with Gasteiger partial charge in [0.15, 0.2) is 0 Å². The number of hydrogen-bond acceptors (Lipinski definition) is 2. The van der Waals surface area contributed by atoms with Crippen molar-refractivity contribution in [2.24, 2.45) is 0 Å². The second-order valence-corrected chi connectivity index (χ2v) is 5.76. The molecule has 2 fully saturated rings. The van der Waals surface area contributed by atoms with Crippen molar-refractivity contribution in [3.8, 4) is 0 Å². The van der Waals surface area contributed by atoms with Gasteiger partial charge in [0.25, 0.3) is 5.91 Å². The van der Waals surface area contributed by atoms with Crippen LogP contribution in [0.3, 0.4) is 0 Å². The molecule has 0 aromatic heterocycles. The second kappa shape index (κ2) is 4.74. The fourth-order valence-corrected chi connectivity index (χ4v) is 3.20. The molecule has 1 saturated carbocycles.